The number of carbonyl (C=O) groups is 1. The standard InChI is InChI=1S/C13H18BrN3O/c1-9-8-17(11-5-3-10(14)4-6-11)13(18)12(7-15)16(9)2/h3-6,9,12H,7-8,15H2,1-2H3. The topological polar surface area (TPSA) is 49.6 Å². The Morgan fingerprint density at radius 3 is 2.56 bits per heavy atom. The molecule has 0 saturated carbocycles. The Hall–Kier alpha value is -0.910. The molecule has 98 valence electrons. The number of amides is 1. The van der Waals surface area contributed by atoms with E-state index in [2.05, 4.69) is 27.8 Å². The lowest BCUT2D eigenvalue weighted by Crippen LogP contribution is -2.62. The molecule has 1 aliphatic rings. The molecule has 0 aliphatic carbocycles. The number of benzene rings is 1. The van der Waals surface area contributed by atoms with Gasteiger partial charge in [0.2, 0.25) is 5.91 Å². The van der Waals surface area contributed by atoms with Gasteiger partial charge in [0, 0.05) is 29.3 Å². The number of anilines is 1. The number of piperazine rings is 1. The van der Waals surface area contributed by atoms with Crippen molar-refractivity contribution < 1.29 is 4.79 Å². The molecule has 1 fully saturated rings. The Labute approximate surface area is 116 Å². The van der Waals surface area contributed by atoms with Crippen molar-refractivity contribution in [2.24, 2.45) is 5.73 Å². The van der Waals surface area contributed by atoms with Crippen LogP contribution in [0.5, 0.6) is 0 Å². The van der Waals surface area contributed by atoms with Crippen LogP contribution in [0.1, 0.15) is 6.92 Å². The summed E-state index contributed by atoms with van der Waals surface area (Å²) in [4.78, 5) is 16.3. The van der Waals surface area contributed by atoms with Gasteiger partial charge in [0.25, 0.3) is 0 Å². The zero-order chi connectivity index (χ0) is 13.3. The molecular weight excluding hydrogens is 294 g/mol. The minimum atomic E-state index is -0.225. The van der Waals surface area contributed by atoms with Crippen LogP contribution in [-0.2, 0) is 4.79 Å². The quantitative estimate of drug-likeness (QED) is 0.899. The molecule has 18 heavy (non-hydrogen) atoms. The second-order valence-corrected chi connectivity index (χ2v) is 5.61. The van der Waals surface area contributed by atoms with Crippen molar-refractivity contribution in [3.63, 3.8) is 0 Å². The molecule has 2 atom stereocenters. The van der Waals surface area contributed by atoms with Crippen molar-refractivity contribution in [3.8, 4) is 0 Å². The second kappa shape index (κ2) is 5.38. The third-order valence-electron chi connectivity index (χ3n) is 3.55. The van der Waals surface area contributed by atoms with Gasteiger partial charge in [-0.25, -0.2) is 0 Å². The smallest absolute Gasteiger partial charge is 0.245 e. The van der Waals surface area contributed by atoms with Crippen LogP contribution in [0, 0.1) is 0 Å². The number of carbonyl (C=O) groups excluding carboxylic acids is 1. The largest absolute Gasteiger partial charge is 0.328 e. The Balaban J connectivity index is 2.28. The van der Waals surface area contributed by atoms with E-state index in [4.69, 9.17) is 5.73 Å². The van der Waals surface area contributed by atoms with Crippen LogP contribution in [0.25, 0.3) is 0 Å². The van der Waals surface area contributed by atoms with Gasteiger partial charge < -0.3 is 10.6 Å². The zero-order valence-corrected chi connectivity index (χ0v) is 12.2. The van der Waals surface area contributed by atoms with Crippen LogP contribution in [0.3, 0.4) is 0 Å². The lowest BCUT2D eigenvalue weighted by molar-refractivity contribution is -0.126. The molecule has 0 aromatic heterocycles. The van der Waals surface area contributed by atoms with E-state index in [0.29, 0.717) is 19.1 Å². The summed E-state index contributed by atoms with van der Waals surface area (Å²) >= 11 is 3.40. The summed E-state index contributed by atoms with van der Waals surface area (Å²) < 4.78 is 1.01. The number of hydrogen-bond donors (Lipinski definition) is 1. The molecule has 4 nitrogen and oxygen atoms in total. The van der Waals surface area contributed by atoms with Crippen molar-refractivity contribution in [2.45, 2.75) is 19.0 Å². The predicted octanol–water partition coefficient (Wildman–Crippen LogP) is 1.44. The number of nitrogens with zero attached hydrogens (tertiary/aromatic N) is 2. The Bertz CT molecular complexity index is 434. The van der Waals surface area contributed by atoms with Crippen molar-refractivity contribution in [2.75, 3.05) is 25.0 Å². The van der Waals surface area contributed by atoms with E-state index in [-0.39, 0.29) is 11.9 Å². The summed E-state index contributed by atoms with van der Waals surface area (Å²) in [5, 5.41) is 0. The van der Waals surface area contributed by atoms with E-state index in [0.717, 1.165) is 10.2 Å². The first-order chi connectivity index (χ1) is 8.54. The van der Waals surface area contributed by atoms with Crippen LogP contribution in [-0.4, -0.2) is 43.0 Å². The SMILES string of the molecule is CC1CN(c2ccc(Br)cc2)C(=O)C(CN)N1C. The third-order valence-corrected chi connectivity index (χ3v) is 4.07. The fraction of sp³-hybridized carbons (Fsp3) is 0.462. The molecule has 0 spiro atoms. The van der Waals surface area contributed by atoms with Gasteiger partial charge in [-0.2, -0.15) is 0 Å². The normalized spacial score (nSPS) is 25.6. The first-order valence-corrected chi connectivity index (χ1v) is 6.83. The molecule has 2 unspecified atom stereocenters. The molecule has 2 rings (SSSR count). The zero-order valence-electron chi connectivity index (χ0n) is 10.6. The lowest BCUT2D eigenvalue weighted by atomic mass is 10.1. The van der Waals surface area contributed by atoms with Gasteiger partial charge in [0.05, 0.1) is 0 Å². The molecule has 1 aromatic carbocycles. The van der Waals surface area contributed by atoms with Gasteiger partial charge in [-0.15, -0.1) is 0 Å². The maximum Gasteiger partial charge on any atom is 0.245 e. The molecule has 0 bridgehead atoms. The van der Waals surface area contributed by atoms with E-state index in [9.17, 15) is 4.79 Å². The molecule has 1 aliphatic heterocycles. The molecule has 1 amide bonds. The fourth-order valence-electron chi connectivity index (χ4n) is 2.27. The van der Waals surface area contributed by atoms with E-state index in [1.165, 1.54) is 0 Å². The van der Waals surface area contributed by atoms with E-state index < -0.39 is 0 Å². The number of hydrogen-bond acceptors (Lipinski definition) is 3. The first kappa shape index (κ1) is 13.5. The van der Waals surface area contributed by atoms with Gasteiger partial charge in [0.15, 0.2) is 0 Å². The van der Waals surface area contributed by atoms with Crippen LogP contribution < -0.4 is 10.6 Å². The maximum absolute atomic E-state index is 12.4. The average molecular weight is 312 g/mol. The Kier molecular flexibility index (Phi) is 4.04. The van der Waals surface area contributed by atoms with E-state index in [1.807, 2.05) is 36.2 Å². The summed E-state index contributed by atoms with van der Waals surface area (Å²) in [6.07, 6.45) is 0. The highest BCUT2D eigenvalue weighted by Crippen LogP contribution is 2.24. The monoisotopic (exact) mass is 311 g/mol. The summed E-state index contributed by atoms with van der Waals surface area (Å²) in [5.41, 5.74) is 6.65. The number of rotatable bonds is 2. The Morgan fingerprint density at radius 1 is 1.39 bits per heavy atom. The molecule has 2 N–H and O–H groups in total. The second-order valence-electron chi connectivity index (χ2n) is 4.69. The van der Waals surface area contributed by atoms with Crippen LogP contribution in [0.15, 0.2) is 28.7 Å². The molecule has 5 heteroatoms. The highest BCUT2D eigenvalue weighted by atomic mass is 79.9. The van der Waals surface area contributed by atoms with E-state index >= 15 is 0 Å². The highest BCUT2D eigenvalue weighted by Gasteiger charge is 2.36. The van der Waals surface area contributed by atoms with Gasteiger partial charge in [-0.05, 0) is 38.2 Å². The summed E-state index contributed by atoms with van der Waals surface area (Å²) in [6, 6.07) is 7.88. The Morgan fingerprint density at radius 2 is 2.00 bits per heavy atom. The molecule has 1 saturated heterocycles. The molecular formula is C13H18BrN3O. The number of nitrogens with two attached hydrogens (primary N) is 1. The number of halogens is 1. The maximum atomic E-state index is 12.4. The average Bonchev–Trinajstić information content (AvgIpc) is 2.36. The van der Waals surface area contributed by atoms with E-state index in [1.54, 1.807) is 0 Å². The first-order valence-electron chi connectivity index (χ1n) is 6.03. The molecule has 1 aromatic rings. The highest BCUT2D eigenvalue weighted by molar-refractivity contribution is 9.10. The van der Waals surface area contributed by atoms with Crippen molar-refractivity contribution >= 4 is 27.5 Å². The van der Waals surface area contributed by atoms with Gasteiger partial charge in [-0.1, -0.05) is 15.9 Å². The van der Waals surface area contributed by atoms with Crippen molar-refractivity contribution in [1.82, 2.24) is 4.90 Å². The number of likely N-dealkylation sites (N-methyl/N-ethyl adjacent to an activating group) is 1. The third kappa shape index (κ3) is 2.43. The van der Waals surface area contributed by atoms with Gasteiger partial charge in [-0.3, -0.25) is 9.69 Å². The minimum absolute atomic E-state index is 0.0837. The van der Waals surface area contributed by atoms with Crippen molar-refractivity contribution in [3.05, 3.63) is 28.7 Å². The summed E-state index contributed by atoms with van der Waals surface area (Å²) in [6.45, 7) is 3.17. The van der Waals surface area contributed by atoms with Gasteiger partial charge >= 0.3 is 0 Å². The summed E-state index contributed by atoms with van der Waals surface area (Å²) in [5.74, 6) is 0.0837. The van der Waals surface area contributed by atoms with Crippen LogP contribution in [0.4, 0.5) is 5.69 Å². The lowest BCUT2D eigenvalue weighted by Gasteiger charge is -2.42. The van der Waals surface area contributed by atoms with Crippen LogP contribution in [0.2, 0.25) is 0 Å². The summed E-state index contributed by atoms with van der Waals surface area (Å²) in [7, 11) is 1.96. The van der Waals surface area contributed by atoms with Gasteiger partial charge in [0.1, 0.15) is 6.04 Å². The molecule has 0 radical (unpaired) electrons. The molecule has 1 heterocycles. The van der Waals surface area contributed by atoms with Crippen LogP contribution >= 0.6 is 15.9 Å². The van der Waals surface area contributed by atoms with Crippen molar-refractivity contribution in [1.29, 1.82) is 0 Å². The minimum Gasteiger partial charge on any atom is -0.328 e. The predicted molar refractivity (Wildman–Crippen MR) is 76.6 cm³/mol. The fourth-order valence-corrected chi connectivity index (χ4v) is 2.53.